The molecule has 1 saturated heterocycles. The summed E-state index contributed by atoms with van der Waals surface area (Å²) in [6.45, 7) is 7.85. The van der Waals surface area contributed by atoms with Crippen molar-refractivity contribution in [3.63, 3.8) is 0 Å². The lowest BCUT2D eigenvalue weighted by atomic mass is 9.88. The van der Waals surface area contributed by atoms with Crippen molar-refractivity contribution in [2.24, 2.45) is 10.9 Å². The van der Waals surface area contributed by atoms with Gasteiger partial charge in [0, 0.05) is 25.0 Å². The third-order valence-electron chi connectivity index (χ3n) is 4.40. The van der Waals surface area contributed by atoms with E-state index in [-0.39, 0.29) is 41.5 Å². The van der Waals surface area contributed by atoms with Crippen LogP contribution in [0.2, 0.25) is 0 Å². The topological polar surface area (TPSA) is 70.6 Å². The number of nitrogens with one attached hydrogen (secondary N) is 2. The number of aliphatic imine (C=N–C) groups is 1. The molecule has 0 aliphatic carbocycles. The molecule has 2 N–H and O–H groups in total. The molecule has 0 spiro atoms. The lowest BCUT2D eigenvalue weighted by Gasteiger charge is -2.21. The van der Waals surface area contributed by atoms with E-state index in [0.29, 0.717) is 30.8 Å². The molecule has 0 saturated carbocycles. The van der Waals surface area contributed by atoms with Crippen LogP contribution in [-0.4, -0.2) is 45.0 Å². The van der Waals surface area contributed by atoms with Crippen molar-refractivity contribution in [1.29, 1.82) is 0 Å². The van der Waals surface area contributed by atoms with Gasteiger partial charge in [0.15, 0.2) is 15.8 Å². The van der Waals surface area contributed by atoms with Crippen LogP contribution in [0.15, 0.2) is 35.3 Å². The number of rotatable bonds is 6. The second-order valence-corrected chi connectivity index (χ2v) is 8.95. The average Bonchev–Trinajstić information content (AvgIpc) is 2.87. The summed E-state index contributed by atoms with van der Waals surface area (Å²) in [6.07, 6.45) is 0.652. The maximum absolute atomic E-state index is 11.6. The van der Waals surface area contributed by atoms with Crippen molar-refractivity contribution in [1.82, 2.24) is 10.6 Å². The van der Waals surface area contributed by atoms with Crippen LogP contribution in [0.25, 0.3) is 0 Å². The van der Waals surface area contributed by atoms with Crippen LogP contribution >= 0.6 is 24.0 Å². The van der Waals surface area contributed by atoms with Gasteiger partial charge in [0.1, 0.15) is 0 Å². The van der Waals surface area contributed by atoms with Crippen LogP contribution in [0.5, 0.6) is 0 Å². The predicted octanol–water partition coefficient (Wildman–Crippen LogP) is 2.79. The standard InChI is InChI=1S/C18H29N3O2S.HI/c1-4-19-18(21-16-10-11-24(22,23)13-16)20-12-17(14(2)3)15-8-6-5-7-9-15;/h5-9,14,16-17H,4,10-13H2,1-3H3,(H2,19,20,21);1H. The Morgan fingerprint density at radius 2 is 1.96 bits per heavy atom. The molecule has 2 unspecified atom stereocenters. The summed E-state index contributed by atoms with van der Waals surface area (Å²) in [5.74, 6) is 1.99. The molecule has 1 fully saturated rings. The smallest absolute Gasteiger partial charge is 0.191 e. The summed E-state index contributed by atoms with van der Waals surface area (Å²) in [5.41, 5.74) is 1.29. The highest BCUT2D eigenvalue weighted by molar-refractivity contribution is 14.0. The Hall–Kier alpha value is -0.830. The van der Waals surface area contributed by atoms with Gasteiger partial charge in [-0.1, -0.05) is 44.2 Å². The minimum Gasteiger partial charge on any atom is -0.357 e. The second kappa shape index (κ2) is 10.4. The SMILES string of the molecule is CCNC(=NCC(c1ccccc1)C(C)C)NC1CCS(=O)(=O)C1.I. The lowest BCUT2D eigenvalue weighted by Crippen LogP contribution is -2.44. The summed E-state index contributed by atoms with van der Waals surface area (Å²) in [7, 11) is -2.89. The highest BCUT2D eigenvalue weighted by atomic mass is 127. The van der Waals surface area contributed by atoms with Crippen molar-refractivity contribution >= 4 is 39.8 Å². The van der Waals surface area contributed by atoms with Gasteiger partial charge in [-0.25, -0.2) is 8.42 Å². The molecular weight excluding hydrogens is 449 g/mol. The zero-order chi connectivity index (χ0) is 17.6. The van der Waals surface area contributed by atoms with Gasteiger partial charge in [-0.15, -0.1) is 24.0 Å². The maximum Gasteiger partial charge on any atom is 0.191 e. The minimum absolute atomic E-state index is 0. The zero-order valence-electron chi connectivity index (χ0n) is 15.2. The van der Waals surface area contributed by atoms with Crippen molar-refractivity contribution in [2.75, 3.05) is 24.6 Å². The van der Waals surface area contributed by atoms with Gasteiger partial charge in [0.25, 0.3) is 0 Å². The Morgan fingerprint density at radius 1 is 1.28 bits per heavy atom. The number of hydrogen-bond acceptors (Lipinski definition) is 3. The van der Waals surface area contributed by atoms with Crippen molar-refractivity contribution in [2.45, 2.75) is 39.2 Å². The van der Waals surface area contributed by atoms with Gasteiger partial charge in [-0.3, -0.25) is 4.99 Å². The van der Waals surface area contributed by atoms with Crippen molar-refractivity contribution in [3.8, 4) is 0 Å². The molecule has 1 aliphatic heterocycles. The molecular formula is C18H30IN3O2S. The van der Waals surface area contributed by atoms with Crippen LogP contribution < -0.4 is 10.6 Å². The normalized spacial score (nSPS) is 20.8. The highest BCUT2D eigenvalue weighted by Gasteiger charge is 2.28. The summed E-state index contributed by atoms with van der Waals surface area (Å²) in [4.78, 5) is 4.72. The van der Waals surface area contributed by atoms with E-state index in [2.05, 4.69) is 48.7 Å². The summed E-state index contributed by atoms with van der Waals surface area (Å²) in [6, 6.07) is 10.4. The van der Waals surface area contributed by atoms with Gasteiger partial charge >= 0.3 is 0 Å². The molecule has 0 amide bonds. The van der Waals surface area contributed by atoms with E-state index < -0.39 is 9.84 Å². The first-order valence-electron chi connectivity index (χ1n) is 8.71. The molecule has 1 aliphatic rings. The average molecular weight is 479 g/mol. The van der Waals surface area contributed by atoms with Crippen LogP contribution in [0, 0.1) is 5.92 Å². The monoisotopic (exact) mass is 479 g/mol. The van der Waals surface area contributed by atoms with E-state index in [9.17, 15) is 8.42 Å². The predicted molar refractivity (Wildman–Crippen MR) is 116 cm³/mol. The largest absolute Gasteiger partial charge is 0.357 e. The van der Waals surface area contributed by atoms with E-state index in [0.717, 1.165) is 6.54 Å². The molecule has 0 aromatic heterocycles. The quantitative estimate of drug-likeness (QED) is 0.374. The van der Waals surface area contributed by atoms with Crippen LogP contribution in [-0.2, 0) is 9.84 Å². The van der Waals surface area contributed by atoms with Gasteiger partial charge < -0.3 is 10.6 Å². The van der Waals surface area contributed by atoms with E-state index in [1.807, 2.05) is 13.0 Å². The lowest BCUT2D eigenvalue weighted by molar-refractivity contribution is 0.505. The fourth-order valence-corrected chi connectivity index (χ4v) is 4.69. The molecule has 2 rings (SSSR count). The molecule has 0 radical (unpaired) electrons. The summed E-state index contributed by atoms with van der Waals surface area (Å²) < 4.78 is 23.2. The Bertz CT molecular complexity index is 648. The molecule has 2 atom stereocenters. The Balaban J connectivity index is 0.00000312. The number of guanidine groups is 1. The Labute approximate surface area is 169 Å². The van der Waals surface area contributed by atoms with Crippen LogP contribution in [0.4, 0.5) is 0 Å². The summed E-state index contributed by atoms with van der Waals surface area (Å²) in [5, 5.41) is 6.50. The molecule has 142 valence electrons. The summed E-state index contributed by atoms with van der Waals surface area (Å²) >= 11 is 0. The van der Waals surface area contributed by atoms with Gasteiger partial charge in [0.2, 0.25) is 0 Å². The zero-order valence-corrected chi connectivity index (χ0v) is 18.4. The Kier molecular flexibility index (Phi) is 9.20. The van der Waals surface area contributed by atoms with Crippen LogP contribution in [0.1, 0.15) is 38.7 Å². The molecule has 0 bridgehead atoms. The van der Waals surface area contributed by atoms with E-state index in [4.69, 9.17) is 4.99 Å². The number of benzene rings is 1. The first-order valence-corrected chi connectivity index (χ1v) is 10.5. The number of sulfone groups is 1. The van der Waals surface area contributed by atoms with E-state index >= 15 is 0 Å². The van der Waals surface area contributed by atoms with Crippen molar-refractivity contribution in [3.05, 3.63) is 35.9 Å². The molecule has 25 heavy (non-hydrogen) atoms. The number of halogens is 1. The van der Waals surface area contributed by atoms with Gasteiger partial charge in [-0.05, 0) is 24.8 Å². The fourth-order valence-electron chi connectivity index (χ4n) is 3.01. The minimum atomic E-state index is -2.89. The van der Waals surface area contributed by atoms with Gasteiger partial charge in [0.05, 0.1) is 11.5 Å². The first-order chi connectivity index (χ1) is 11.4. The van der Waals surface area contributed by atoms with E-state index in [1.165, 1.54) is 5.56 Å². The third-order valence-corrected chi connectivity index (χ3v) is 6.16. The third kappa shape index (κ3) is 7.13. The number of hydrogen-bond donors (Lipinski definition) is 2. The molecule has 1 heterocycles. The van der Waals surface area contributed by atoms with E-state index in [1.54, 1.807) is 0 Å². The van der Waals surface area contributed by atoms with Crippen LogP contribution in [0.3, 0.4) is 0 Å². The van der Waals surface area contributed by atoms with Gasteiger partial charge in [-0.2, -0.15) is 0 Å². The second-order valence-electron chi connectivity index (χ2n) is 6.73. The highest BCUT2D eigenvalue weighted by Crippen LogP contribution is 2.24. The molecule has 5 nitrogen and oxygen atoms in total. The molecule has 7 heteroatoms. The maximum atomic E-state index is 11.6. The molecule has 1 aromatic rings. The number of nitrogens with zero attached hydrogens (tertiary/aromatic N) is 1. The molecule has 1 aromatic carbocycles. The first kappa shape index (κ1) is 22.2. The fraction of sp³-hybridized carbons (Fsp3) is 0.611. The van der Waals surface area contributed by atoms with Crippen molar-refractivity contribution < 1.29 is 8.42 Å². The Morgan fingerprint density at radius 3 is 2.48 bits per heavy atom.